The van der Waals surface area contributed by atoms with E-state index in [-0.39, 0.29) is 11.8 Å². The molecule has 0 radical (unpaired) electrons. The third-order valence-corrected chi connectivity index (χ3v) is 2.58. The van der Waals surface area contributed by atoms with E-state index in [1.54, 1.807) is 0 Å². The Morgan fingerprint density at radius 3 is 1.95 bits per heavy atom. The van der Waals surface area contributed by atoms with Gasteiger partial charge in [-0.25, -0.2) is 9.37 Å². The minimum absolute atomic E-state index is 0.211. The fourth-order valence-corrected chi connectivity index (χ4v) is 1.66. The molecule has 0 aliphatic carbocycles. The molecule has 0 spiro atoms. The summed E-state index contributed by atoms with van der Waals surface area (Å²) in [5, 5.41) is 0. The van der Waals surface area contributed by atoms with Crippen molar-refractivity contribution in [1.29, 1.82) is 0 Å². The molecule has 1 heterocycles. The van der Waals surface area contributed by atoms with Crippen LogP contribution in [0.5, 0.6) is 5.75 Å². The van der Waals surface area contributed by atoms with E-state index >= 15 is 0 Å². The standard InChI is InChI=1S/C13H13F6NO/c1-12(2,3)10-9(21-4)6(8(14)11(15)16)5-7(20-10)13(17,18)19/h5H,1-4H3. The molecular formula is C13H13F6NO. The SMILES string of the molecule is COc1c(C(F)=C(F)F)cc(C(F)(F)F)nc1C(C)(C)C. The van der Waals surface area contributed by atoms with Crippen molar-refractivity contribution in [3.63, 3.8) is 0 Å². The zero-order valence-electron chi connectivity index (χ0n) is 11.7. The maximum atomic E-state index is 13.5. The topological polar surface area (TPSA) is 22.1 Å². The third kappa shape index (κ3) is 3.68. The van der Waals surface area contributed by atoms with Crippen LogP contribution in [0.1, 0.15) is 37.7 Å². The van der Waals surface area contributed by atoms with Gasteiger partial charge < -0.3 is 4.74 Å². The molecule has 0 unspecified atom stereocenters. The van der Waals surface area contributed by atoms with Gasteiger partial charge in [0.1, 0.15) is 5.69 Å². The number of alkyl halides is 3. The van der Waals surface area contributed by atoms with Gasteiger partial charge in [-0.05, 0) is 6.07 Å². The minimum atomic E-state index is -4.89. The number of nitrogens with zero attached hydrogens (tertiary/aromatic N) is 1. The fourth-order valence-electron chi connectivity index (χ4n) is 1.66. The molecule has 0 fully saturated rings. The molecule has 0 amide bonds. The van der Waals surface area contributed by atoms with Gasteiger partial charge >= 0.3 is 12.3 Å². The number of rotatable bonds is 2. The van der Waals surface area contributed by atoms with E-state index in [0.29, 0.717) is 0 Å². The van der Waals surface area contributed by atoms with Gasteiger partial charge in [0.25, 0.3) is 0 Å². The third-order valence-electron chi connectivity index (χ3n) is 2.58. The molecule has 21 heavy (non-hydrogen) atoms. The Balaban J connectivity index is 3.82. The van der Waals surface area contributed by atoms with Crippen LogP contribution in [-0.4, -0.2) is 12.1 Å². The minimum Gasteiger partial charge on any atom is -0.494 e. The second kappa shape index (κ2) is 5.57. The molecular weight excluding hydrogens is 300 g/mol. The van der Waals surface area contributed by atoms with E-state index in [9.17, 15) is 26.3 Å². The molecule has 0 saturated carbocycles. The second-order valence-corrected chi connectivity index (χ2v) is 5.26. The summed E-state index contributed by atoms with van der Waals surface area (Å²) in [7, 11) is 1.05. The van der Waals surface area contributed by atoms with Crippen molar-refractivity contribution in [3.05, 3.63) is 29.1 Å². The Hall–Kier alpha value is -1.73. The lowest BCUT2D eigenvalue weighted by molar-refractivity contribution is -0.141. The number of hydrogen-bond donors (Lipinski definition) is 0. The lowest BCUT2D eigenvalue weighted by Crippen LogP contribution is -2.20. The predicted molar refractivity (Wildman–Crippen MR) is 64.7 cm³/mol. The number of ether oxygens (including phenoxy) is 1. The highest BCUT2D eigenvalue weighted by atomic mass is 19.4. The van der Waals surface area contributed by atoms with Crippen molar-refractivity contribution in [2.45, 2.75) is 32.4 Å². The highest BCUT2D eigenvalue weighted by Gasteiger charge is 2.37. The van der Waals surface area contributed by atoms with E-state index < -0.39 is 40.5 Å². The Labute approximate surface area is 117 Å². The molecule has 1 aromatic rings. The summed E-state index contributed by atoms with van der Waals surface area (Å²) in [4.78, 5) is 3.40. The molecule has 0 aliphatic rings. The lowest BCUT2D eigenvalue weighted by Gasteiger charge is -2.23. The van der Waals surface area contributed by atoms with E-state index in [2.05, 4.69) is 4.98 Å². The van der Waals surface area contributed by atoms with E-state index in [1.807, 2.05) is 0 Å². The van der Waals surface area contributed by atoms with E-state index in [1.165, 1.54) is 20.8 Å². The van der Waals surface area contributed by atoms with Crippen LogP contribution in [0, 0.1) is 0 Å². The number of halogens is 6. The summed E-state index contributed by atoms with van der Waals surface area (Å²) in [6.45, 7) is 4.53. The molecule has 1 rings (SSSR count). The van der Waals surface area contributed by atoms with Crippen molar-refractivity contribution in [2.24, 2.45) is 0 Å². The first-order valence-corrected chi connectivity index (χ1v) is 5.77. The highest BCUT2D eigenvalue weighted by Crippen LogP contribution is 2.41. The molecule has 0 aromatic carbocycles. The molecule has 118 valence electrons. The molecule has 0 aliphatic heterocycles. The predicted octanol–water partition coefficient (Wildman–Crippen LogP) is 4.94. The van der Waals surface area contributed by atoms with Gasteiger partial charge in [0.15, 0.2) is 11.6 Å². The Morgan fingerprint density at radius 2 is 1.62 bits per heavy atom. The van der Waals surface area contributed by atoms with Gasteiger partial charge in [0.05, 0.1) is 18.4 Å². The molecule has 0 bridgehead atoms. The molecule has 8 heteroatoms. The van der Waals surface area contributed by atoms with Gasteiger partial charge in [0, 0.05) is 5.41 Å². The molecule has 0 atom stereocenters. The number of hydrogen-bond acceptors (Lipinski definition) is 2. The molecule has 0 saturated heterocycles. The van der Waals surface area contributed by atoms with Crippen LogP contribution >= 0.6 is 0 Å². The number of methoxy groups -OCH3 is 1. The normalized spacial score (nSPS) is 12.3. The average molecular weight is 313 g/mol. The first-order valence-electron chi connectivity index (χ1n) is 5.77. The summed E-state index contributed by atoms with van der Waals surface area (Å²) >= 11 is 0. The van der Waals surface area contributed by atoms with Crippen molar-refractivity contribution < 1.29 is 31.1 Å². The second-order valence-electron chi connectivity index (χ2n) is 5.26. The van der Waals surface area contributed by atoms with Crippen LogP contribution in [0.3, 0.4) is 0 Å². The summed E-state index contributed by atoms with van der Waals surface area (Å²) in [6.07, 6.45) is -7.62. The van der Waals surface area contributed by atoms with Crippen molar-refractivity contribution in [2.75, 3.05) is 7.11 Å². The van der Waals surface area contributed by atoms with Crippen molar-refractivity contribution in [3.8, 4) is 5.75 Å². The lowest BCUT2D eigenvalue weighted by atomic mass is 9.89. The fraction of sp³-hybridized carbons (Fsp3) is 0.462. The van der Waals surface area contributed by atoms with E-state index in [4.69, 9.17) is 4.74 Å². The average Bonchev–Trinajstić information content (AvgIpc) is 2.33. The van der Waals surface area contributed by atoms with Gasteiger partial charge in [-0.15, -0.1) is 0 Å². The first-order chi connectivity index (χ1) is 9.39. The van der Waals surface area contributed by atoms with Crippen LogP contribution < -0.4 is 4.74 Å². The maximum Gasteiger partial charge on any atom is 0.433 e. The van der Waals surface area contributed by atoms with Crippen LogP contribution in [-0.2, 0) is 11.6 Å². The molecule has 1 aromatic heterocycles. The summed E-state index contributed by atoms with van der Waals surface area (Å²) in [6, 6.07) is 0.211. The van der Waals surface area contributed by atoms with E-state index in [0.717, 1.165) is 7.11 Å². The van der Waals surface area contributed by atoms with Crippen LogP contribution in [0.2, 0.25) is 0 Å². The Morgan fingerprint density at radius 1 is 1.10 bits per heavy atom. The van der Waals surface area contributed by atoms with Gasteiger partial charge in [-0.3, -0.25) is 0 Å². The largest absolute Gasteiger partial charge is 0.494 e. The van der Waals surface area contributed by atoms with Crippen molar-refractivity contribution in [1.82, 2.24) is 4.98 Å². The highest BCUT2D eigenvalue weighted by molar-refractivity contribution is 5.67. The summed E-state index contributed by atoms with van der Waals surface area (Å²) in [5.74, 6) is -2.51. The van der Waals surface area contributed by atoms with Gasteiger partial charge in [-0.2, -0.15) is 22.0 Å². The first kappa shape index (κ1) is 17.3. The van der Waals surface area contributed by atoms with Crippen LogP contribution in [0.15, 0.2) is 12.1 Å². The van der Waals surface area contributed by atoms with Gasteiger partial charge in [0.2, 0.25) is 0 Å². The van der Waals surface area contributed by atoms with Crippen molar-refractivity contribution >= 4 is 5.83 Å². The quantitative estimate of drug-likeness (QED) is 0.721. The van der Waals surface area contributed by atoms with Gasteiger partial charge in [-0.1, -0.05) is 20.8 Å². The molecule has 2 nitrogen and oxygen atoms in total. The zero-order valence-corrected chi connectivity index (χ0v) is 11.7. The van der Waals surface area contributed by atoms with Crippen LogP contribution in [0.25, 0.3) is 5.83 Å². The monoisotopic (exact) mass is 313 g/mol. The summed E-state index contributed by atoms with van der Waals surface area (Å²) in [5.41, 5.74) is -3.65. The number of aromatic nitrogens is 1. The Kier molecular flexibility index (Phi) is 4.60. The Bertz CT molecular complexity index is 567. The molecule has 0 N–H and O–H groups in total. The zero-order chi connectivity index (χ0) is 16.6. The summed E-state index contributed by atoms with van der Waals surface area (Å²) < 4.78 is 81.6. The maximum absolute atomic E-state index is 13.5. The smallest absolute Gasteiger partial charge is 0.433 e. The van der Waals surface area contributed by atoms with Crippen LogP contribution in [0.4, 0.5) is 26.3 Å². The number of pyridine rings is 1.